The Hall–Kier alpha value is -0.610. The van der Waals surface area contributed by atoms with Crippen LogP contribution in [0.15, 0.2) is 0 Å². The first kappa shape index (κ1) is 16.4. The fourth-order valence-corrected chi connectivity index (χ4v) is 2.69. The number of amides is 1. The first-order chi connectivity index (χ1) is 8.98. The van der Waals surface area contributed by atoms with E-state index < -0.39 is 0 Å². The zero-order chi connectivity index (χ0) is 14.3. The Morgan fingerprint density at radius 2 is 1.95 bits per heavy atom. The van der Waals surface area contributed by atoms with Crippen LogP contribution in [0.5, 0.6) is 0 Å². The average Bonchev–Trinajstić information content (AvgIpc) is 2.38. The van der Waals surface area contributed by atoms with Gasteiger partial charge in [-0.2, -0.15) is 0 Å². The lowest BCUT2D eigenvalue weighted by atomic mass is 9.94. The molecular formula is C15H31N3O. The largest absolute Gasteiger partial charge is 0.350 e. The maximum absolute atomic E-state index is 12.2. The van der Waals surface area contributed by atoms with Gasteiger partial charge < -0.3 is 11.1 Å². The lowest BCUT2D eigenvalue weighted by Gasteiger charge is -2.34. The van der Waals surface area contributed by atoms with Gasteiger partial charge in [-0.3, -0.25) is 9.69 Å². The summed E-state index contributed by atoms with van der Waals surface area (Å²) < 4.78 is 0. The standard InChI is InChI=1S/C15H31N3O/c1-4-15(2,3)17-14(19)12-18(11-10-16)13-8-6-5-7-9-13/h13H,4-12,16H2,1-3H3,(H,17,19). The molecule has 0 unspecified atom stereocenters. The zero-order valence-corrected chi connectivity index (χ0v) is 12.9. The van der Waals surface area contributed by atoms with Crippen LogP contribution in [-0.4, -0.2) is 42.0 Å². The van der Waals surface area contributed by atoms with Crippen molar-refractivity contribution < 1.29 is 4.79 Å². The van der Waals surface area contributed by atoms with Crippen molar-refractivity contribution in [2.24, 2.45) is 5.73 Å². The lowest BCUT2D eigenvalue weighted by molar-refractivity contribution is -0.124. The van der Waals surface area contributed by atoms with Crippen LogP contribution in [0.4, 0.5) is 0 Å². The summed E-state index contributed by atoms with van der Waals surface area (Å²) in [5.41, 5.74) is 5.58. The van der Waals surface area contributed by atoms with Crippen LogP contribution in [-0.2, 0) is 4.79 Å². The Morgan fingerprint density at radius 1 is 1.32 bits per heavy atom. The SMILES string of the molecule is CCC(C)(C)NC(=O)CN(CCN)C1CCCCC1. The first-order valence-corrected chi connectivity index (χ1v) is 7.73. The molecule has 1 amide bonds. The van der Waals surface area contributed by atoms with Crippen molar-refractivity contribution in [3.63, 3.8) is 0 Å². The molecule has 1 rings (SSSR count). The van der Waals surface area contributed by atoms with Crippen molar-refractivity contribution >= 4 is 5.91 Å². The minimum Gasteiger partial charge on any atom is -0.350 e. The van der Waals surface area contributed by atoms with Crippen LogP contribution >= 0.6 is 0 Å². The van der Waals surface area contributed by atoms with Gasteiger partial charge in [0.15, 0.2) is 0 Å². The fourth-order valence-electron chi connectivity index (χ4n) is 2.69. The van der Waals surface area contributed by atoms with Crippen LogP contribution in [0.1, 0.15) is 59.3 Å². The molecular weight excluding hydrogens is 238 g/mol. The fraction of sp³-hybridized carbons (Fsp3) is 0.933. The predicted molar refractivity (Wildman–Crippen MR) is 80.0 cm³/mol. The molecule has 0 atom stereocenters. The Morgan fingerprint density at radius 3 is 2.47 bits per heavy atom. The Kier molecular flexibility index (Phi) is 6.80. The smallest absolute Gasteiger partial charge is 0.234 e. The van der Waals surface area contributed by atoms with Gasteiger partial charge in [-0.15, -0.1) is 0 Å². The summed E-state index contributed by atoms with van der Waals surface area (Å²) in [4.78, 5) is 14.4. The molecule has 0 aromatic carbocycles. The van der Waals surface area contributed by atoms with Gasteiger partial charge in [0.2, 0.25) is 5.91 Å². The molecule has 1 saturated carbocycles. The molecule has 0 radical (unpaired) electrons. The maximum Gasteiger partial charge on any atom is 0.234 e. The topological polar surface area (TPSA) is 58.4 Å². The quantitative estimate of drug-likeness (QED) is 0.742. The van der Waals surface area contributed by atoms with Gasteiger partial charge in [-0.05, 0) is 33.1 Å². The second-order valence-corrected chi connectivity index (χ2v) is 6.34. The van der Waals surface area contributed by atoms with E-state index in [9.17, 15) is 4.79 Å². The third-order valence-electron chi connectivity index (χ3n) is 4.22. The van der Waals surface area contributed by atoms with Gasteiger partial charge >= 0.3 is 0 Å². The van der Waals surface area contributed by atoms with E-state index in [1.165, 1.54) is 32.1 Å². The molecule has 0 bridgehead atoms. The molecule has 0 heterocycles. The third kappa shape index (κ3) is 5.91. The van der Waals surface area contributed by atoms with E-state index in [2.05, 4.69) is 31.0 Å². The van der Waals surface area contributed by atoms with Gasteiger partial charge in [0.1, 0.15) is 0 Å². The summed E-state index contributed by atoms with van der Waals surface area (Å²) in [6.45, 7) is 8.17. The summed E-state index contributed by atoms with van der Waals surface area (Å²) in [7, 11) is 0. The number of nitrogens with two attached hydrogens (primary N) is 1. The molecule has 0 aliphatic heterocycles. The van der Waals surface area contributed by atoms with Crippen molar-refractivity contribution in [3.05, 3.63) is 0 Å². The molecule has 3 N–H and O–H groups in total. The molecule has 4 heteroatoms. The van der Waals surface area contributed by atoms with E-state index >= 15 is 0 Å². The van der Waals surface area contributed by atoms with E-state index in [1.54, 1.807) is 0 Å². The second-order valence-electron chi connectivity index (χ2n) is 6.34. The molecule has 1 aliphatic rings. The summed E-state index contributed by atoms with van der Waals surface area (Å²) >= 11 is 0. The van der Waals surface area contributed by atoms with Gasteiger partial charge in [0.05, 0.1) is 6.54 Å². The van der Waals surface area contributed by atoms with Crippen LogP contribution in [0, 0.1) is 0 Å². The number of rotatable bonds is 7. The molecule has 112 valence electrons. The van der Waals surface area contributed by atoms with E-state index in [0.29, 0.717) is 19.1 Å². The molecule has 1 fully saturated rings. The van der Waals surface area contributed by atoms with Crippen LogP contribution < -0.4 is 11.1 Å². The van der Waals surface area contributed by atoms with Gasteiger partial charge in [-0.1, -0.05) is 26.2 Å². The number of nitrogens with one attached hydrogen (secondary N) is 1. The Balaban J connectivity index is 2.50. The highest BCUT2D eigenvalue weighted by Crippen LogP contribution is 2.22. The maximum atomic E-state index is 12.2. The second kappa shape index (κ2) is 7.85. The number of hydrogen-bond acceptors (Lipinski definition) is 3. The molecule has 0 saturated heterocycles. The lowest BCUT2D eigenvalue weighted by Crippen LogP contribution is -2.50. The number of nitrogens with zero attached hydrogens (tertiary/aromatic N) is 1. The van der Waals surface area contributed by atoms with Crippen molar-refractivity contribution in [2.45, 2.75) is 70.9 Å². The van der Waals surface area contributed by atoms with Gasteiger partial charge in [-0.25, -0.2) is 0 Å². The molecule has 1 aliphatic carbocycles. The van der Waals surface area contributed by atoms with Crippen molar-refractivity contribution in [2.75, 3.05) is 19.6 Å². The van der Waals surface area contributed by atoms with Gasteiger partial charge in [0, 0.05) is 24.7 Å². The monoisotopic (exact) mass is 269 g/mol. The van der Waals surface area contributed by atoms with E-state index in [0.717, 1.165) is 13.0 Å². The number of hydrogen-bond donors (Lipinski definition) is 2. The van der Waals surface area contributed by atoms with Crippen molar-refractivity contribution in [1.82, 2.24) is 10.2 Å². The molecule has 0 spiro atoms. The minimum absolute atomic E-state index is 0.113. The average molecular weight is 269 g/mol. The van der Waals surface area contributed by atoms with Crippen LogP contribution in [0.25, 0.3) is 0 Å². The highest BCUT2D eigenvalue weighted by Gasteiger charge is 2.24. The van der Waals surface area contributed by atoms with E-state index in [-0.39, 0.29) is 11.4 Å². The molecule has 4 nitrogen and oxygen atoms in total. The summed E-state index contributed by atoms with van der Waals surface area (Å²) in [6, 6.07) is 0.549. The molecule has 0 aromatic rings. The summed E-state index contributed by atoms with van der Waals surface area (Å²) in [6.07, 6.45) is 7.28. The van der Waals surface area contributed by atoms with E-state index in [1.807, 2.05) is 0 Å². The highest BCUT2D eigenvalue weighted by molar-refractivity contribution is 5.78. The third-order valence-corrected chi connectivity index (χ3v) is 4.22. The Bertz CT molecular complexity index is 273. The van der Waals surface area contributed by atoms with Gasteiger partial charge in [0.25, 0.3) is 0 Å². The van der Waals surface area contributed by atoms with E-state index in [4.69, 9.17) is 5.73 Å². The normalized spacial score (nSPS) is 17.7. The highest BCUT2D eigenvalue weighted by atomic mass is 16.2. The number of carbonyl (C=O) groups is 1. The predicted octanol–water partition coefficient (Wildman–Crippen LogP) is 1.88. The molecule has 0 aromatic heterocycles. The van der Waals surface area contributed by atoms with Crippen LogP contribution in [0.2, 0.25) is 0 Å². The van der Waals surface area contributed by atoms with Crippen molar-refractivity contribution in [1.29, 1.82) is 0 Å². The summed E-state index contributed by atoms with van der Waals surface area (Å²) in [5, 5.41) is 3.11. The zero-order valence-electron chi connectivity index (χ0n) is 12.9. The Labute approximate surface area is 118 Å². The molecule has 19 heavy (non-hydrogen) atoms. The van der Waals surface area contributed by atoms with Crippen LogP contribution in [0.3, 0.4) is 0 Å². The summed E-state index contributed by atoms with van der Waals surface area (Å²) in [5.74, 6) is 0.130. The van der Waals surface area contributed by atoms with Crippen molar-refractivity contribution in [3.8, 4) is 0 Å². The minimum atomic E-state index is -0.113. The number of carbonyl (C=O) groups excluding carboxylic acids is 1. The first-order valence-electron chi connectivity index (χ1n) is 7.73.